The summed E-state index contributed by atoms with van der Waals surface area (Å²) in [5.74, 6) is -0.840. The van der Waals surface area contributed by atoms with Crippen LogP contribution in [0.3, 0.4) is 0 Å². The molecule has 4 rings (SSSR count). The third kappa shape index (κ3) is 3.24. The van der Waals surface area contributed by atoms with Crippen molar-refractivity contribution >= 4 is 12.1 Å². The van der Waals surface area contributed by atoms with Crippen molar-refractivity contribution in [3.63, 3.8) is 0 Å². The third-order valence-corrected chi connectivity index (χ3v) is 5.78. The van der Waals surface area contributed by atoms with Gasteiger partial charge in [-0.2, -0.15) is 0 Å². The summed E-state index contributed by atoms with van der Waals surface area (Å²) in [4.78, 5) is 24.9. The van der Waals surface area contributed by atoms with Crippen LogP contribution >= 0.6 is 0 Å². The topological polar surface area (TPSA) is 76.1 Å². The number of hydrogen-bond donors (Lipinski definition) is 1. The predicted molar refractivity (Wildman–Crippen MR) is 103 cm³/mol. The zero-order valence-corrected chi connectivity index (χ0v) is 15.8. The highest BCUT2D eigenvalue weighted by atomic mass is 16.6. The number of likely N-dealkylation sites (tertiary alicyclic amines) is 1. The first-order valence-corrected chi connectivity index (χ1v) is 9.40. The molecule has 1 heterocycles. The molecule has 6 heteroatoms. The standard InChI is InChI=1S/C22H23NO5/c1-27-22(11-10-20(24)25)13-23(14-22)21(26)28-12-19-17-8-4-2-6-15(17)16-7-3-5-9-18(16)19/h2-9,19H,10-14H2,1H3,(H,24,25). The second-order valence-electron chi connectivity index (χ2n) is 7.44. The van der Waals surface area contributed by atoms with E-state index in [2.05, 4.69) is 24.3 Å². The van der Waals surface area contributed by atoms with Crippen molar-refractivity contribution in [1.29, 1.82) is 0 Å². The molecule has 28 heavy (non-hydrogen) atoms. The van der Waals surface area contributed by atoms with E-state index in [0.717, 1.165) is 0 Å². The van der Waals surface area contributed by atoms with E-state index in [1.807, 2.05) is 24.3 Å². The molecule has 2 aromatic carbocycles. The van der Waals surface area contributed by atoms with Gasteiger partial charge in [0.2, 0.25) is 0 Å². The number of carbonyl (C=O) groups is 2. The van der Waals surface area contributed by atoms with Crippen LogP contribution in [0.25, 0.3) is 11.1 Å². The number of carboxylic acid groups (broad SMARTS) is 1. The Hall–Kier alpha value is -2.86. The van der Waals surface area contributed by atoms with Gasteiger partial charge < -0.3 is 19.5 Å². The molecule has 2 aromatic rings. The Kier molecular flexibility index (Phi) is 4.81. The van der Waals surface area contributed by atoms with E-state index >= 15 is 0 Å². The molecule has 1 aliphatic carbocycles. The number of carbonyl (C=O) groups excluding carboxylic acids is 1. The highest BCUT2D eigenvalue weighted by Crippen LogP contribution is 2.44. The highest BCUT2D eigenvalue weighted by Gasteiger charge is 2.46. The normalized spacial score (nSPS) is 16.8. The summed E-state index contributed by atoms with van der Waals surface area (Å²) in [5.41, 5.74) is 4.15. The Morgan fingerprint density at radius 3 is 2.18 bits per heavy atom. The van der Waals surface area contributed by atoms with Crippen molar-refractivity contribution in [3.8, 4) is 11.1 Å². The molecule has 1 aliphatic heterocycles. The van der Waals surface area contributed by atoms with Gasteiger partial charge in [0.05, 0.1) is 13.1 Å². The summed E-state index contributed by atoms with van der Waals surface area (Å²) in [6, 6.07) is 16.4. The summed E-state index contributed by atoms with van der Waals surface area (Å²) in [7, 11) is 1.55. The Labute approximate surface area is 163 Å². The maximum Gasteiger partial charge on any atom is 0.409 e. The summed E-state index contributed by atoms with van der Waals surface area (Å²) in [6.07, 6.45) is 0.0168. The van der Waals surface area contributed by atoms with Crippen LogP contribution in [0.2, 0.25) is 0 Å². The van der Waals surface area contributed by atoms with Gasteiger partial charge in [0.15, 0.2) is 0 Å². The van der Waals surface area contributed by atoms with Gasteiger partial charge in [-0.1, -0.05) is 48.5 Å². The number of amides is 1. The van der Waals surface area contributed by atoms with Crippen LogP contribution in [0.1, 0.15) is 29.9 Å². The van der Waals surface area contributed by atoms with Crippen LogP contribution in [-0.4, -0.2) is 54.5 Å². The molecule has 2 aliphatic rings. The fourth-order valence-electron chi connectivity index (χ4n) is 4.19. The quantitative estimate of drug-likeness (QED) is 0.829. The molecule has 0 atom stereocenters. The summed E-state index contributed by atoms with van der Waals surface area (Å²) in [5, 5.41) is 8.87. The van der Waals surface area contributed by atoms with Gasteiger partial charge in [-0.25, -0.2) is 4.79 Å². The summed E-state index contributed by atoms with van der Waals surface area (Å²) >= 11 is 0. The molecule has 0 unspecified atom stereocenters. The molecule has 1 N–H and O–H groups in total. The van der Waals surface area contributed by atoms with Crippen LogP contribution in [0.5, 0.6) is 0 Å². The van der Waals surface area contributed by atoms with Gasteiger partial charge in [-0.3, -0.25) is 4.79 Å². The number of ether oxygens (including phenoxy) is 2. The smallest absolute Gasteiger partial charge is 0.409 e. The average Bonchev–Trinajstić information content (AvgIpc) is 2.99. The minimum atomic E-state index is -0.865. The third-order valence-electron chi connectivity index (χ3n) is 5.78. The number of methoxy groups -OCH3 is 1. The van der Waals surface area contributed by atoms with Crippen LogP contribution in [0, 0.1) is 0 Å². The van der Waals surface area contributed by atoms with Gasteiger partial charge in [0.1, 0.15) is 12.2 Å². The van der Waals surface area contributed by atoms with Crippen LogP contribution < -0.4 is 0 Å². The van der Waals surface area contributed by atoms with Gasteiger partial charge in [-0.15, -0.1) is 0 Å². The number of benzene rings is 2. The molecule has 6 nitrogen and oxygen atoms in total. The van der Waals surface area contributed by atoms with Crippen LogP contribution in [-0.2, 0) is 14.3 Å². The fourth-order valence-corrected chi connectivity index (χ4v) is 4.19. The van der Waals surface area contributed by atoms with Crippen molar-refractivity contribution in [2.45, 2.75) is 24.4 Å². The largest absolute Gasteiger partial charge is 0.481 e. The second kappa shape index (κ2) is 7.28. The monoisotopic (exact) mass is 381 g/mol. The van der Waals surface area contributed by atoms with Crippen LogP contribution in [0.4, 0.5) is 4.79 Å². The van der Waals surface area contributed by atoms with Crippen molar-refractivity contribution in [1.82, 2.24) is 4.90 Å². The van der Waals surface area contributed by atoms with Crippen LogP contribution in [0.15, 0.2) is 48.5 Å². The zero-order valence-electron chi connectivity index (χ0n) is 15.8. The second-order valence-corrected chi connectivity index (χ2v) is 7.44. The molecule has 0 bridgehead atoms. The predicted octanol–water partition coefficient (Wildman–Crippen LogP) is 3.50. The summed E-state index contributed by atoms with van der Waals surface area (Å²) < 4.78 is 11.1. The van der Waals surface area contributed by atoms with Gasteiger partial charge >= 0.3 is 12.1 Å². The summed E-state index contributed by atoms with van der Waals surface area (Å²) in [6.45, 7) is 0.985. The molecular formula is C22H23NO5. The first-order chi connectivity index (χ1) is 13.5. The van der Waals surface area contributed by atoms with Crippen molar-refractivity contribution < 1.29 is 24.2 Å². The fraction of sp³-hybridized carbons (Fsp3) is 0.364. The molecular weight excluding hydrogens is 358 g/mol. The maximum absolute atomic E-state index is 12.5. The molecule has 0 saturated carbocycles. The van der Waals surface area contributed by atoms with Crippen molar-refractivity contribution in [2.75, 3.05) is 26.8 Å². The Bertz CT molecular complexity index is 858. The van der Waals surface area contributed by atoms with Gasteiger partial charge in [0, 0.05) is 19.4 Å². The number of nitrogens with zero attached hydrogens (tertiary/aromatic N) is 1. The SMILES string of the molecule is COC1(CCC(=O)O)CN(C(=O)OCC2c3ccccc3-c3ccccc32)C1. The number of hydrogen-bond acceptors (Lipinski definition) is 4. The minimum Gasteiger partial charge on any atom is -0.481 e. The van der Waals surface area contributed by atoms with Crippen molar-refractivity contribution in [2.24, 2.45) is 0 Å². The van der Waals surface area contributed by atoms with E-state index in [1.165, 1.54) is 22.3 Å². The molecule has 0 radical (unpaired) electrons. The Morgan fingerprint density at radius 2 is 1.64 bits per heavy atom. The molecule has 1 fully saturated rings. The zero-order chi connectivity index (χ0) is 19.7. The van der Waals surface area contributed by atoms with E-state index in [-0.39, 0.29) is 25.0 Å². The Balaban J connectivity index is 1.39. The lowest BCUT2D eigenvalue weighted by Crippen LogP contribution is -2.64. The van der Waals surface area contributed by atoms with Crippen molar-refractivity contribution in [3.05, 3.63) is 59.7 Å². The van der Waals surface area contributed by atoms with E-state index in [1.54, 1.807) is 12.0 Å². The van der Waals surface area contributed by atoms with Gasteiger partial charge in [-0.05, 0) is 28.7 Å². The number of fused-ring (bicyclic) bond motifs is 3. The number of aliphatic carboxylic acids is 1. The minimum absolute atomic E-state index is 0.0202. The molecule has 0 spiro atoms. The molecule has 1 amide bonds. The number of rotatable bonds is 6. The lowest BCUT2D eigenvalue weighted by Gasteiger charge is -2.48. The lowest BCUT2D eigenvalue weighted by atomic mass is 9.89. The highest BCUT2D eigenvalue weighted by molar-refractivity contribution is 5.79. The molecule has 1 saturated heterocycles. The van der Waals surface area contributed by atoms with E-state index < -0.39 is 11.6 Å². The average molecular weight is 381 g/mol. The van der Waals surface area contributed by atoms with E-state index in [0.29, 0.717) is 19.5 Å². The van der Waals surface area contributed by atoms with E-state index in [9.17, 15) is 9.59 Å². The Morgan fingerprint density at radius 1 is 1.07 bits per heavy atom. The van der Waals surface area contributed by atoms with E-state index in [4.69, 9.17) is 14.6 Å². The molecule has 146 valence electrons. The first kappa shape index (κ1) is 18.5. The molecule has 0 aromatic heterocycles. The number of carboxylic acids is 1. The lowest BCUT2D eigenvalue weighted by molar-refractivity contribution is -0.144. The first-order valence-electron chi connectivity index (χ1n) is 9.40. The maximum atomic E-state index is 12.5. The van der Waals surface area contributed by atoms with Gasteiger partial charge in [0.25, 0.3) is 0 Å².